The van der Waals surface area contributed by atoms with Crippen LogP contribution < -0.4 is 5.73 Å². The Balaban J connectivity index is 0.00000133. The Bertz CT molecular complexity index is 314. The van der Waals surface area contributed by atoms with E-state index in [1.807, 2.05) is 0 Å². The summed E-state index contributed by atoms with van der Waals surface area (Å²) in [5.74, 6) is 1.97. The molecule has 3 nitrogen and oxygen atoms in total. The van der Waals surface area contributed by atoms with Crippen LogP contribution in [0.15, 0.2) is 0 Å². The van der Waals surface area contributed by atoms with Gasteiger partial charge in [-0.05, 0) is 37.5 Å². The van der Waals surface area contributed by atoms with Crippen molar-refractivity contribution in [3.8, 4) is 0 Å². The number of hydrogen-bond donors (Lipinski definition) is 1. The summed E-state index contributed by atoms with van der Waals surface area (Å²) in [6, 6.07) is 0. The van der Waals surface area contributed by atoms with E-state index in [0.29, 0.717) is 12.5 Å². The second kappa shape index (κ2) is 6.01. The molecule has 110 valence electrons. The van der Waals surface area contributed by atoms with E-state index in [-0.39, 0.29) is 17.8 Å². The molecule has 2 saturated carbocycles. The van der Waals surface area contributed by atoms with Gasteiger partial charge in [0.15, 0.2) is 0 Å². The minimum absolute atomic E-state index is 0. The highest BCUT2D eigenvalue weighted by atomic mass is 35.5. The molecule has 2 atom stereocenters. The van der Waals surface area contributed by atoms with Crippen LogP contribution in [0.2, 0.25) is 0 Å². The molecule has 1 saturated heterocycles. The van der Waals surface area contributed by atoms with Gasteiger partial charge >= 0.3 is 0 Å². The normalized spacial score (nSPS) is 32.8. The van der Waals surface area contributed by atoms with Crippen LogP contribution in [-0.4, -0.2) is 30.4 Å². The summed E-state index contributed by atoms with van der Waals surface area (Å²) in [6.07, 6.45) is 9.82. The third kappa shape index (κ3) is 2.64. The standard InChI is InChI=1S/C15H26N2O.ClH/c16-11-15(7-3-4-8-15)14(18)17-9-12-5-1-2-6-13(12)10-17;/h12-13H,1-11,16H2;1H. The summed E-state index contributed by atoms with van der Waals surface area (Å²) in [7, 11) is 0. The molecule has 1 aliphatic heterocycles. The van der Waals surface area contributed by atoms with E-state index in [0.717, 1.165) is 37.8 Å². The fourth-order valence-corrected chi connectivity index (χ4v) is 4.46. The van der Waals surface area contributed by atoms with Crippen molar-refractivity contribution in [2.75, 3.05) is 19.6 Å². The number of carbonyl (C=O) groups excluding carboxylic acids is 1. The van der Waals surface area contributed by atoms with E-state index >= 15 is 0 Å². The van der Waals surface area contributed by atoms with Crippen LogP contribution in [0.4, 0.5) is 0 Å². The molecule has 2 aliphatic carbocycles. The van der Waals surface area contributed by atoms with Crippen LogP contribution in [0.5, 0.6) is 0 Å². The van der Waals surface area contributed by atoms with Gasteiger partial charge in [0, 0.05) is 19.6 Å². The number of carbonyl (C=O) groups is 1. The lowest BCUT2D eigenvalue weighted by Gasteiger charge is -2.31. The largest absolute Gasteiger partial charge is 0.342 e. The molecule has 0 radical (unpaired) electrons. The Hall–Kier alpha value is -0.280. The van der Waals surface area contributed by atoms with Gasteiger partial charge in [-0.25, -0.2) is 0 Å². The molecule has 3 aliphatic rings. The first kappa shape index (κ1) is 15.1. The minimum atomic E-state index is -0.187. The van der Waals surface area contributed by atoms with Gasteiger partial charge in [0.1, 0.15) is 0 Å². The zero-order chi connectivity index (χ0) is 12.6. The van der Waals surface area contributed by atoms with E-state index in [1.54, 1.807) is 0 Å². The molecule has 0 aromatic rings. The van der Waals surface area contributed by atoms with Gasteiger partial charge in [-0.15, -0.1) is 12.4 Å². The molecule has 3 rings (SSSR count). The van der Waals surface area contributed by atoms with E-state index in [9.17, 15) is 4.79 Å². The van der Waals surface area contributed by atoms with Crippen molar-refractivity contribution in [2.24, 2.45) is 23.0 Å². The molecule has 19 heavy (non-hydrogen) atoms. The van der Waals surface area contributed by atoms with E-state index < -0.39 is 0 Å². The maximum Gasteiger partial charge on any atom is 0.230 e. The van der Waals surface area contributed by atoms with Crippen LogP contribution in [0, 0.1) is 17.3 Å². The van der Waals surface area contributed by atoms with E-state index in [1.165, 1.54) is 38.5 Å². The van der Waals surface area contributed by atoms with Crippen molar-refractivity contribution in [1.29, 1.82) is 0 Å². The lowest BCUT2D eigenvalue weighted by Crippen LogP contribution is -2.45. The van der Waals surface area contributed by atoms with Crippen molar-refractivity contribution in [3.63, 3.8) is 0 Å². The molecular formula is C15H27ClN2O. The maximum atomic E-state index is 12.8. The number of nitrogens with zero attached hydrogens (tertiary/aromatic N) is 1. The highest BCUT2D eigenvalue weighted by Gasteiger charge is 2.46. The predicted octanol–water partition coefficient (Wildman–Crippen LogP) is 2.58. The van der Waals surface area contributed by atoms with E-state index in [4.69, 9.17) is 5.73 Å². The Morgan fingerprint density at radius 3 is 2.05 bits per heavy atom. The lowest BCUT2D eigenvalue weighted by atomic mass is 9.82. The summed E-state index contributed by atoms with van der Waals surface area (Å²) in [4.78, 5) is 15.0. The summed E-state index contributed by atoms with van der Waals surface area (Å²) in [5, 5.41) is 0. The number of amides is 1. The van der Waals surface area contributed by atoms with E-state index in [2.05, 4.69) is 4.90 Å². The smallest absolute Gasteiger partial charge is 0.230 e. The van der Waals surface area contributed by atoms with Crippen molar-refractivity contribution >= 4 is 18.3 Å². The number of likely N-dealkylation sites (tertiary alicyclic amines) is 1. The van der Waals surface area contributed by atoms with Crippen molar-refractivity contribution in [1.82, 2.24) is 4.90 Å². The fraction of sp³-hybridized carbons (Fsp3) is 0.933. The highest BCUT2D eigenvalue weighted by molar-refractivity contribution is 5.85. The zero-order valence-corrected chi connectivity index (χ0v) is 12.6. The van der Waals surface area contributed by atoms with Gasteiger partial charge in [0.05, 0.1) is 5.41 Å². The summed E-state index contributed by atoms with van der Waals surface area (Å²) in [5.41, 5.74) is 5.75. The number of halogens is 1. The molecule has 0 aromatic heterocycles. The molecular weight excluding hydrogens is 260 g/mol. The topological polar surface area (TPSA) is 46.3 Å². The quantitative estimate of drug-likeness (QED) is 0.848. The Labute approximate surface area is 122 Å². The predicted molar refractivity (Wildman–Crippen MR) is 79.2 cm³/mol. The third-order valence-electron chi connectivity index (χ3n) is 5.67. The molecule has 2 unspecified atom stereocenters. The lowest BCUT2D eigenvalue weighted by molar-refractivity contribution is -0.140. The average Bonchev–Trinajstić information content (AvgIpc) is 3.05. The van der Waals surface area contributed by atoms with Crippen LogP contribution in [-0.2, 0) is 4.79 Å². The van der Waals surface area contributed by atoms with Gasteiger partial charge in [0.25, 0.3) is 0 Å². The molecule has 3 fully saturated rings. The number of rotatable bonds is 2. The number of fused-ring (bicyclic) bond motifs is 1. The Morgan fingerprint density at radius 2 is 1.58 bits per heavy atom. The fourth-order valence-electron chi connectivity index (χ4n) is 4.46. The molecule has 4 heteroatoms. The van der Waals surface area contributed by atoms with Crippen LogP contribution >= 0.6 is 12.4 Å². The third-order valence-corrected chi connectivity index (χ3v) is 5.67. The van der Waals surface area contributed by atoms with Crippen LogP contribution in [0.3, 0.4) is 0 Å². The van der Waals surface area contributed by atoms with Crippen LogP contribution in [0.1, 0.15) is 51.4 Å². The Kier molecular flexibility index (Phi) is 4.78. The highest BCUT2D eigenvalue weighted by Crippen LogP contribution is 2.42. The minimum Gasteiger partial charge on any atom is -0.342 e. The monoisotopic (exact) mass is 286 g/mol. The molecule has 0 aromatic carbocycles. The SMILES string of the molecule is Cl.NCC1(C(=O)N2CC3CCCCC3C2)CCCC1. The summed E-state index contributed by atoms with van der Waals surface area (Å²) >= 11 is 0. The van der Waals surface area contributed by atoms with Crippen molar-refractivity contribution in [3.05, 3.63) is 0 Å². The van der Waals surface area contributed by atoms with Gasteiger partial charge in [0.2, 0.25) is 5.91 Å². The molecule has 0 bridgehead atoms. The first-order valence-electron chi connectivity index (χ1n) is 7.75. The molecule has 1 amide bonds. The first-order valence-corrected chi connectivity index (χ1v) is 7.75. The Morgan fingerprint density at radius 1 is 1.05 bits per heavy atom. The number of nitrogens with two attached hydrogens (primary N) is 1. The van der Waals surface area contributed by atoms with Gasteiger partial charge < -0.3 is 10.6 Å². The molecule has 0 spiro atoms. The zero-order valence-electron chi connectivity index (χ0n) is 11.8. The van der Waals surface area contributed by atoms with Crippen molar-refractivity contribution in [2.45, 2.75) is 51.4 Å². The van der Waals surface area contributed by atoms with Gasteiger partial charge in [-0.1, -0.05) is 25.7 Å². The second-order valence-electron chi connectivity index (χ2n) is 6.71. The summed E-state index contributed by atoms with van der Waals surface area (Å²) < 4.78 is 0. The van der Waals surface area contributed by atoms with Crippen molar-refractivity contribution < 1.29 is 4.79 Å². The van der Waals surface area contributed by atoms with Gasteiger partial charge in [-0.2, -0.15) is 0 Å². The average molecular weight is 287 g/mol. The second-order valence-corrected chi connectivity index (χ2v) is 6.71. The summed E-state index contributed by atoms with van der Waals surface area (Å²) in [6.45, 7) is 2.59. The number of hydrogen-bond acceptors (Lipinski definition) is 2. The first-order chi connectivity index (χ1) is 8.75. The molecule has 2 N–H and O–H groups in total. The maximum absolute atomic E-state index is 12.8. The molecule has 1 heterocycles. The van der Waals surface area contributed by atoms with Gasteiger partial charge in [-0.3, -0.25) is 4.79 Å². The van der Waals surface area contributed by atoms with Crippen LogP contribution in [0.25, 0.3) is 0 Å².